The SMILES string of the molecule is CCCC(Cl)c1noc(OCC)n1. The Morgan fingerprint density at radius 2 is 2.31 bits per heavy atom. The molecule has 13 heavy (non-hydrogen) atoms. The minimum absolute atomic E-state index is 0.178. The molecule has 1 heterocycles. The molecule has 74 valence electrons. The highest BCUT2D eigenvalue weighted by Gasteiger charge is 2.14. The Morgan fingerprint density at radius 3 is 2.92 bits per heavy atom. The largest absolute Gasteiger partial charge is 0.449 e. The van der Waals surface area contributed by atoms with Gasteiger partial charge in [0.15, 0.2) is 5.82 Å². The van der Waals surface area contributed by atoms with E-state index in [4.69, 9.17) is 20.9 Å². The van der Waals surface area contributed by atoms with Crippen molar-refractivity contribution in [3.8, 4) is 6.08 Å². The normalized spacial score (nSPS) is 12.8. The number of hydrogen-bond acceptors (Lipinski definition) is 4. The zero-order valence-electron chi connectivity index (χ0n) is 7.79. The number of hydrogen-bond donors (Lipinski definition) is 0. The monoisotopic (exact) mass is 204 g/mol. The maximum Gasteiger partial charge on any atom is 0.417 e. The minimum atomic E-state index is -0.178. The summed E-state index contributed by atoms with van der Waals surface area (Å²) in [5, 5.41) is 3.53. The second kappa shape index (κ2) is 5.07. The Hall–Kier alpha value is -0.770. The Labute approximate surface area is 82.2 Å². The highest BCUT2D eigenvalue weighted by Crippen LogP contribution is 2.24. The molecule has 1 aromatic rings. The lowest BCUT2D eigenvalue weighted by molar-refractivity contribution is 0.215. The molecule has 0 N–H and O–H groups in total. The average molecular weight is 205 g/mol. The molecule has 0 spiro atoms. The van der Waals surface area contributed by atoms with Gasteiger partial charge in [0.05, 0.1) is 12.0 Å². The number of aromatic nitrogens is 2. The van der Waals surface area contributed by atoms with Crippen molar-refractivity contribution < 1.29 is 9.26 Å². The van der Waals surface area contributed by atoms with E-state index in [1.165, 1.54) is 0 Å². The lowest BCUT2D eigenvalue weighted by atomic mass is 10.2. The molecule has 0 aliphatic heterocycles. The molecule has 0 saturated heterocycles. The van der Waals surface area contributed by atoms with Gasteiger partial charge in [0.2, 0.25) is 0 Å². The molecule has 0 fully saturated rings. The number of alkyl halides is 1. The molecule has 0 aliphatic carbocycles. The van der Waals surface area contributed by atoms with Crippen molar-refractivity contribution in [2.24, 2.45) is 0 Å². The molecule has 0 saturated carbocycles. The highest BCUT2D eigenvalue weighted by atomic mass is 35.5. The van der Waals surface area contributed by atoms with E-state index in [-0.39, 0.29) is 11.5 Å². The first-order chi connectivity index (χ1) is 6.27. The van der Waals surface area contributed by atoms with Gasteiger partial charge in [0.1, 0.15) is 0 Å². The standard InChI is InChI=1S/C8H13ClN2O2/c1-3-5-6(9)7-10-8(12-4-2)13-11-7/h6H,3-5H2,1-2H3. The van der Waals surface area contributed by atoms with Gasteiger partial charge in [-0.05, 0) is 13.3 Å². The minimum Gasteiger partial charge on any atom is -0.449 e. The molecule has 1 unspecified atom stereocenters. The van der Waals surface area contributed by atoms with E-state index in [1.54, 1.807) is 0 Å². The van der Waals surface area contributed by atoms with Gasteiger partial charge in [-0.15, -0.1) is 11.6 Å². The number of nitrogens with zero attached hydrogens (tertiary/aromatic N) is 2. The van der Waals surface area contributed by atoms with Gasteiger partial charge in [-0.1, -0.05) is 18.5 Å². The first kappa shape index (κ1) is 10.3. The predicted octanol–water partition coefficient (Wildman–Crippen LogP) is 2.55. The van der Waals surface area contributed by atoms with Crippen LogP contribution in [0.3, 0.4) is 0 Å². The Kier molecular flexibility index (Phi) is 4.02. The van der Waals surface area contributed by atoms with Crippen LogP contribution in [0.25, 0.3) is 0 Å². The van der Waals surface area contributed by atoms with E-state index in [1.807, 2.05) is 6.92 Å². The van der Waals surface area contributed by atoms with Crippen molar-refractivity contribution >= 4 is 11.6 Å². The summed E-state index contributed by atoms with van der Waals surface area (Å²) < 4.78 is 9.82. The molecule has 5 heteroatoms. The van der Waals surface area contributed by atoms with Gasteiger partial charge >= 0.3 is 6.08 Å². The fraction of sp³-hybridized carbons (Fsp3) is 0.750. The van der Waals surface area contributed by atoms with Crippen molar-refractivity contribution in [2.45, 2.75) is 32.1 Å². The van der Waals surface area contributed by atoms with Crippen LogP contribution in [0.4, 0.5) is 0 Å². The van der Waals surface area contributed by atoms with Gasteiger partial charge in [0.25, 0.3) is 0 Å². The maximum atomic E-state index is 5.98. The van der Waals surface area contributed by atoms with Crippen molar-refractivity contribution in [3.05, 3.63) is 5.82 Å². The molecule has 0 aromatic carbocycles. The summed E-state index contributed by atoms with van der Waals surface area (Å²) in [4.78, 5) is 3.99. The number of ether oxygens (including phenoxy) is 1. The molecule has 0 radical (unpaired) electrons. The van der Waals surface area contributed by atoms with Gasteiger partial charge < -0.3 is 4.74 Å². The lowest BCUT2D eigenvalue weighted by Gasteiger charge is -1.99. The second-order valence-electron chi connectivity index (χ2n) is 2.61. The highest BCUT2D eigenvalue weighted by molar-refractivity contribution is 6.20. The smallest absolute Gasteiger partial charge is 0.417 e. The average Bonchev–Trinajstić information content (AvgIpc) is 2.54. The van der Waals surface area contributed by atoms with Crippen molar-refractivity contribution in [3.63, 3.8) is 0 Å². The fourth-order valence-electron chi connectivity index (χ4n) is 0.912. The topological polar surface area (TPSA) is 48.2 Å². The molecule has 0 amide bonds. The number of halogens is 1. The first-order valence-electron chi connectivity index (χ1n) is 4.38. The third-order valence-electron chi connectivity index (χ3n) is 1.51. The van der Waals surface area contributed by atoms with Crippen LogP contribution in [-0.2, 0) is 0 Å². The second-order valence-corrected chi connectivity index (χ2v) is 3.13. The van der Waals surface area contributed by atoms with Crippen LogP contribution < -0.4 is 4.74 Å². The van der Waals surface area contributed by atoms with Crippen molar-refractivity contribution in [1.82, 2.24) is 10.1 Å². The van der Waals surface area contributed by atoms with Crippen LogP contribution in [0.15, 0.2) is 4.52 Å². The van der Waals surface area contributed by atoms with Gasteiger partial charge in [-0.2, -0.15) is 4.98 Å². The van der Waals surface area contributed by atoms with E-state index in [2.05, 4.69) is 17.1 Å². The third-order valence-corrected chi connectivity index (χ3v) is 1.93. The zero-order chi connectivity index (χ0) is 9.68. The number of rotatable bonds is 5. The summed E-state index contributed by atoms with van der Waals surface area (Å²) in [6, 6.07) is 0. The first-order valence-corrected chi connectivity index (χ1v) is 4.82. The summed E-state index contributed by atoms with van der Waals surface area (Å²) in [6.45, 7) is 4.43. The van der Waals surface area contributed by atoms with E-state index < -0.39 is 0 Å². The molecule has 1 aromatic heterocycles. The zero-order valence-corrected chi connectivity index (χ0v) is 8.54. The predicted molar refractivity (Wildman–Crippen MR) is 49.0 cm³/mol. The molecule has 4 nitrogen and oxygen atoms in total. The molecular formula is C8H13ClN2O2. The van der Waals surface area contributed by atoms with Crippen LogP contribution in [0.5, 0.6) is 6.08 Å². The Bertz CT molecular complexity index is 252. The third kappa shape index (κ3) is 2.88. The Balaban J connectivity index is 2.56. The molecule has 0 bridgehead atoms. The molecule has 1 rings (SSSR count). The summed E-state index contributed by atoms with van der Waals surface area (Å²) in [6.07, 6.45) is 2.03. The van der Waals surface area contributed by atoms with E-state index in [9.17, 15) is 0 Å². The van der Waals surface area contributed by atoms with E-state index in [0.717, 1.165) is 12.8 Å². The van der Waals surface area contributed by atoms with E-state index in [0.29, 0.717) is 12.4 Å². The van der Waals surface area contributed by atoms with Gasteiger partial charge in [0, 0.05) is 0 Å². The molecule has 1 atom stereocenters. The Morgan fingerprint density at radius 1 is 1.54 bits per heavy atom. The summed E-state index contributed by atoms with van der Waals surface area (Å²) in [5.41, 5.74) is 0. The van der Waals surface area contributed by atoms with Crippen LogP contribution >= 0.6 is 11.6 Å². The van der Waals surface area contributed by atoms with Crippen molar-refractivity contribution in [2.75, 3.05) is 6.61 Å². The van der Waals surface area contributed by atoms with Gasteiger partial charge in [-0.25, -0.2) is 0 Å². The fourth-order valence-corrected chi connectivity index (χ4v) is 1.22. The van der Waals surface area contributed by atoms with Crippen LogP contribution in [0.1, 0.15) is 37.9 Å². The summed E-state index contributed by atoms with van der Waals surface area (Å²) >= 11 is 5.98. The molecule has 0 aliphatic rings. The quantitative estimate of drug-likeness (QED) is 0.692. The molecular weight excluding hydrogens is 192 g/mol. The lowest BCUT2D eigenvalue weighted by Crippen LogP contribution is -1.94. The van der Waals surface area contributed by atoms with E-state index >= 15 is 0 Å². The maximum absolute atomic E-state index is 5.98. The van der Waals surface area contributed by atoms with Crippen LogP contribution in [-0.4, -0.2) is 16.7 Å². The van der Waals surface area contributed by atoms with Crippen molar-refractivity contribution in [1.29, 1.82) is 0 Å². The summed E-state index contributed by atoms with van der Waals surface area (Å²) in [7, 11) is 0. The van der Waals surface area contributed by atoms with Crippen LogP contribution in [0.2, 0.25) is 0 Å². The van der Waals surface area contributed by atoms with Gasteiger partial charge in [-0.3, -0.25) is 4.52 Å². The van der Waals surface area contributed by atoms with Crippen LogP contribution in [0, 0.1) is 0 Å². The summed E-state index contributed by atoms with van der Waals surface area (Å²) in [5.74, 6) is 0.506.